The number of nitrogens with zero attached hydrogens (tertiary/aromatic N) is 1. The van der Waals surface area contributed by atoms with Crippen molar-refractivity contribution < 1.29 is 14.4 Å². The molecule has 1 aromatic carbocycles. The van der Waals surface area contributed by atoms with E-state index in [9.17, 15) is 14.4 Å². The van der Waals surface area contributed by atoms with E-state index >= 15 is 0 Å². The Morgan fingerprint density at radius 1 is 1.32 bits per heavy atom. The summed E-state index contributed by atoms with van der Waals surface area (Å²) in [4.78, 5) is 38.7. The van der Waals surface area contributed by atoms with Crippen molar-refractivity contribution in [3.8, 4) is 0 Å². The van der Waals surface area contributed by atoms with Crippen LogP contribution in [0.1, 0.15) is 12.0 Å². The lowest BCUT2D eigenvalue weighted by atomic mass is 9.99. The fourth-order valence-corrected chi connectivity index (χ4v) is 3.41. The van der Waals surface area contributed by atoms with Crippen LogP contribution < -0.4 is 16.0 Å². The minimum Gasteiger partial charge on any atom is -0.342 e. The highest BCUT2D eigenvalue weighted by molar-refractivity contribution is 5.98. The van der Waals surface area contributed by atoms with Crippen molar-refractivity contribution in [2.75, 3.05) is 13.1 Å². The number of nitrogens with one attached hydrogen (secondary N) is 3. The van der Waals surface area contributed by atoms with Crippen LogP contribution in [0, 0.1) is 0 Å². The first kappa shape index (κ1) is 17.0. The lowest BCUT2D eigenvalue weighted by molar-refractivity contribution is -0.147. The molecule has 3 rings (SSSR count). The molecule has 0 bridgehead atoms. The van der Waals surface area contributed by atoms with Crippen molar-refractivity contribution in [2.45, 2.75) is 31.0 Å². The first-order chi connectivity index (χ1) is 12.1. The van der Waals surface area contributed by atoms with E-state index in [1.165, 1.54) is 0 Å². The van der Waals surface area contributed by atoms with E-state index in [4.69, 9.17) is 0 Å². The van der Waals surface area contributed by atoms with Gasteiger partial charge in [-0.15, -0.1) is 6.58 Å². The Kier molecular flexibility index (Phi) is 5.02. The zero-order valence-electron chi connectivity index (χ0n) is 13.9. The monoisotopic (exact) mass is 342 g/mol. The number of benzene rings is 1. The van der Waals surface area contributed by atoms with Crippen LogP contribution in [0.4, 0.5) is 4.79 Å². The van der Waals surface area contributed by atoms with E-state index in [0.29, 0.717) is 25.9 Å². The van der Waals surface area contributed by atoms with Crippen LogP contribution in [0.25, 0.3) is 0 Å². The Balaban J connectivity index is 1.65. The molecule has 0 aromatic heterocycles. The van der Waals surface area contributed by atoms with E-state index in [2.05, 4.69) is 22.5 Å². The third-order valence-corrected chi connectivity index (χ3v) is 4.57. The van der Waals surface area contributed by atoms with Crippen LogP contribution in [0.3, 0.4) is 0 Å². The van der Waals surface area contributed by atoms with Gasteiger partial charge in [-0.05, 0) is 12.0 Å². The third-order valence-electron chi connectivity index (χ3n) is 4.57. The summed E-state index contributed by atoms with van der Waals surface area (Å²) in [6.45, 7) is 4.35. The highest BCUT2D eigenvalue weighted by atomic mass is 16.2. The molecular weight excluding hydrogens is 320 g/mol. The lowest BCUT2D eigenvalue weighted by Crippen LogP contribution is -2.65. The summed E-state index contributed by atoms with van der Waals surface area (Å²) in [6, 6.07) is 7.65. The molecule has 1 aromatic rings. The molecule has 3 atom stereocenters. The third kappa shape index (κ3) is 3.65. The molecule has 2 fully saturated rings. The molecule has 7 heteroatoms. The fraction of sp³-hybridized carbons (Fsp3) is 0.389. The maximum absolute atomic E-state index is 12.7. The van der Waals surface area contributed by atoms with Gasteiger partial charge in [0, 0.05) is 19.5 Å². The van der Waals surface area contributed by atoms with Gasteiger partial charge < -0.3 is 20.9 Å². The number of carbonyl (C=O) groups excluding carboxylic acids is 3. The van der Waals surface area contributed by atoms with Crippen molar-refractivity contribution >= 4 is 17.8 Å². The van der Waals surface area contributed by atoms with Crippen molar-refractivity contribution in [3.05, 3.63) is 48.6 Å². The molecule has 2 aliphatic rings. The Bertz CT molecular complexity index is 676. The first-order valence-corrected chi connectivity index (χ1v) is 8.40. The minimum atomic E-state index is -0.644. The molecular formula is C18H22N4O3. The van der Waals surface area contributed by atoms with Crippen LogP contribution in [-0.2, 0) is 16.0 Å². The van der Waals surface area contributed by atoms with Crippen molar-refractivity contribution in [3.63, 3.8) is 0 Å². The number of urea groups is 1. The summed E-state index contributed by atoms with van der Waals surface area (Å²) in [7, 11) is 0. The Hall–Kier alpha value is -2.83. The fourth-order valence-electron chi connectivity index (χ4n) is 3.41. The van der Waals surface area contributed by atoms with Gasteiger partial charge in [0.1, 0.15) is 12.1 Å². The number of hydrogen-bond donors (Lipinski definition) is 3. The molecule has 4 amide bonds. The summed E-state index contributed by atoms with van der Waals surface area (Å²) >= 11 is 0. The predicted octanol–water partition coefficient (Wildman–Crippen LogP) is 0.182. The van der Waals surface area contributed by atoms with Crippen LogP contribution in [0.5, 0.6) is 0 Å². The van der Waals surface area contributed by atoms with E-state index in [-0.39, 0.29) is 23.9 Å². The zero-order valence-corrected chi connectivity index (χ0v) is 13.9. The zero-order chi connectivity index (χ0) is 17.8. The molecule has 0 radical (unpaired) electrons. The molecule has 0 saturated carbocycles. The van der Waals surface area contributed by atoms with Crippen LogP contribution in [-0.4, -0.2) is 54.0 Å². The quantitative estimate of drug-likeness (QED) is 0.667. The van der Waals surface area contributed by atoms with E-state index in [1.54, 1.807) is 11.0 Å². The molecule has 3 N–H and O–H groups in total. The summed E-state index contributed by atoms with van der Waals surface area (Å²) in [5.41, 5.74) is 0.997. The van der Waals surface area contributed by atoms with Gasteiger partial charge in [0.25, 0.3) is 0 Å². The van der Waals surface area contributed by atoms with Crippen molar-refractivity contribution in [2.24, 2.45) is 0 Å². The van der Waals surface area contributed by atoms with E-state index in [1.807, 2.05) is 30.3 Å². The molecule has 7 nitrogen and oxygen atoms in total. The topological polar surface area (TPSA) is 90.5 Å². The Morgan fingerprint density at radius 3 is 2.80 bits per heavy atom. The maximum Gasteiger partial charge on any atom is 0.315 e. The van der Waals surface area contributed by atoms with Crippen LogP contribution in [0.15, 0.2) is 43.0 Å². The van der Waals surface area contributed by atoms with Gasteiger partial charge in [-0.3, -0.25) is 9.59 Å². The second-order valence-corrected chi connectivity index (χ2v) is 6.27. The van der Waals surface area contributed by atoms with Gasteiger partial charge in [0.05, 0.1) is 6.04 Å². The Morgan fingerprint density at radius 2 is 2.08 bits per heavy atom. The molecule has 3 unspecified atom stereocenters. The average molecular weight is 342 g/mol. The largest absolute Gasteiger partial charge is 0.342 e. The molecule has 132 valence electrons. The van der Waals surface area contributed by atoms with E-state index < -0.39 is 12.1 Å². The van der Waals surface area contributed by atoms with Gasteiger partial charge in [-0.25, -0.2) is 4.79 Å². The second-order valence-electron chi connectivity index (χ2n) is 6.27. The van der Waals surface area contributed by atoms with Crippen LogP contribution in [0.2, 0.25) is 0 Å². The lowest BCUT2D eigenvalue weighted by Gasteiger charge is -2.36. The molecule has 0 spiro atoms. The number of hydrogen-bond acceptors (Lipinski definition) is 3. The van der Waals surface area contributed by atoms with Gasteiger partial charge in [0.2, 0.25) is 11.8 Å². The smallest absolute Gasteiger partial charge is 0.315 e. The summed E-state index contributed by atoms with van der Waals surface area (Å²) in [5, 5.41) is 8.21. The normalized spacial score (nSPS) is 25.1. The molecule has 2 heterocycles. The summed E-state index contributed by atoms with van der Waals surface area (Å²) in [6.07, 6.45) is 2.60. The number of rotatable bonds is 5. The van der Waals surface area contributed by atoms with Gasteiger partial charge in [-0.1, -0.05) is 36.4 Å². The average Bonchev–Trinajstić information content (AvgIpc) is 3.03. The molecule has 25 heavy (non-hydrogen) atoms. The highest BCUT2D eigenvalue weighted by Gasteiger charge is 2.48. The van der Waals surface area contributed by atoms with Gasteiger partial charge in [-0.2, -0.15) is 0 Å². The summed E-state index contributed by atoms with van der Waals surface area (Å²) < 4.78 is 0. The number of fused-ring (bicyclic) bond motifs is 1. The second kappa shape index (κ2) is 7.38. The number of piperazine rings is 1. The van der Waals surface area contributed by atoms with Crippen molar-refractivity contribution in [1.29, 1.82) is 0 Å². The van der Waals surface area contributed by atoms with Gasteiger partial charge in [0.15, 0.2) is 0 Å². The maximum atomic E-state index is 12.7. The molecule has 2 saturated heterocycles. The number of carbonyl (C=O) groups is 3. The molecule has 0 aliphatic carbocycles. The van der Waals surface area contributed by atoms with E-state index in [0.717, 1.165) is 5.56 Å². The standard InChI is InChI=1S/C18H22N4O3/c1-2-9-19-18(25)21-13-8-10-22-15(13)16(23)20-14(17(22)24)11-12-6-4-3-5-7-12/h2-7,13-15H,1,8-11H2,(H,20,23)(H2,19,21,25). The highest BCUT2D eigenvalue weighted by Crippen LogP contribution is 2.24. The summed E-state index contributed by atoms with van der Waals surface area (Å²) in [5.74, 6) is -0.309. The Labute approximate surface area is 146 Å². The van der Waals surface area contributed by atoms with Crippen LogP contribution >= 0.6 is 0 Å². The first-order valence-electron chi connectivity index (χ1n) is 8.40. The minimum absolute atomic E-state index is 0.0933. The predicted molar refractivity (Wildman–Crippen MR) is 92.7 cm³/mol. The van der Waals surface area contributed by atoms with Crippen molar-refractivity contribution in [1.82, 2.24) is 20.9 Å². The SMILES string of the molecule is C=CCNC(=O)NC1CCN2C(=O)C(Cc3ccccc3)NC(=O)C12. The number of amides is 4. The van der Waals surface area contributed by atoms with Gasteiger partial charge >= 0.3 is 6.03 Å². The molecule has 2 aliphatic heterocycles.